The van der Waals surface area contributed by atoms with Gasteiger partial charge in [-0.05, 0) is 44.4 Å². The van der Waals surface area contributed by atoms with Crippen LogP contribution in [0.2, 0.25) is 0 Å². The highest BCUT2D eigenvalue weighted by molar-refractivity contribution is 7.19. The molecule has 2 amide bonds. The van der Waals surface area contributed by atoms with Crippen LogP contribution in [0.25, 0.3) is 10.2 Å². The highest BCUT2D eigenvalue weighted by Crippen LogP contribution is 2.19. The molecule has 1 atom stereocenters. The predicted octanol–water partition coefficient (Wildman–Crippen LogP) is 2.60. The summed E-state index contributed by atoms with van der Waals surface area (Å²) in [7, 11) is 0. The standard InChI is InChI=1S/C13H25N3O2.C8H5NOS/c1-11(17)16-9-5-6-12(10-16)13(18)15-8-4-2-3-7-14;10-5-8-9-6-3-1-2-4-7(6)11-8/h12H,2-10,14H2,1H3,(H,15,18);1-5H/t12-;/m0./s1. The minimum absolute atomic E-state index is 0.0304. The normalized spacial score (nSPS) is 16.1. The quantitative estimate of drug-likeness (QED) is 0.531. The van der Waals surface area contributed by atoms with E-state index in [0.717, 1.165) is 61.7 Å². The maximum absolute atomic E-state index is 11.9. The zero-order valence-electron chi connectivity index (χ0n) is 16.9. The summed E-state index contributed by atoms with van der Waals surface area (Å²) in [5.74, 6) is 0.126. The molecule has 1 aliphatic rings. The van der Waals surface area contributed by atoms with E-state index in [4.69, 9.17) is 5.73 Å². The Labute approximate surface area is 175 Å². The van der Waals surface area contributed by atoms with Crippen LogP contribution in [0.4, 0.5) is 0 Å². The minimum Gasteiger partial charge on any atom is -0.356 e. The first-order chi connectivity index (χ1) is 14.0. The third-order valence-corrected chi connectivity index (χ3v) is 5.79. The fourth-order valence-electron chi connectivity index (χ4n) is 3.22. The Hall–Kier alpha value is -2.32. The van der Waals surface area contributed by atoms with E-state index in [1.54, 1.807) is 11.8 Å². The van der Waals surface area contributed by atoms with Crippen molar-refractivity contribution >= 4 is 39.7 Å². The van der Waals surface area contributed by atoms with Gasteiger partial charge in [-0.2, -0.15) is 0 Å². The number of unbranched alkanes of at least 4 members (excludes halogenated alkanes) is 2. The van der Waals surface area contributed by atoms with Gasteiger partial charge in [0.15, 0.2) is 11.3 Å². The van der Waals surface area contributed by atoms with Crippen LogP contribution in [0.15, 0.2) is 24.3 Å². The number of benzene rings is 1. The smallest absolute Gasteiger partial charge is 0.224 e. The Morgan fingerprint density at radius 3 is 2.79 bits per heavy atom. The molecule has 0 radical (unpaired) electrons. The van der Waals surface area contributed by atoms with Gasteiger partial charge in [-0.25, -0.2) is 4.98 Å². The predicted molar refractivity (Wildman–Crippen MR) is 116 cm³/mol. The molecule has 1 fully saturated rings. The van der Waals surface area contributed by atoms with Crippen LogP contribution in [0, 0.1) is 5.92 Å². The topological polar surface area (TPSA) is 105 Å². The number of hydrogen-bond acceptors (Lipinski definition) is 6. The molecule has 1 aromatic heterocycles. The molecule has 0 spiro atoms. The van der Waals surface area contributed by atoms with Crippen LogP contribution >= 0.6 is 11.3 Å². The largest absolute Gasteiger partial charge is 0.356 e. The van der Waals surface area contributed by atoms with Crippen molar-refractivity contribution in [2.45, 2.75) is 39.0 Å². The lowest BCUT2D eigenvalue weighted by Gasteiger charge is -2.31. The van der Waals surface area contributed by atoms with Crippen molar-refractivity contribution in [3.63, 3.8) is 0 Å². The van der Waals surface area contributed by atoms with Crippen LogP contribution in [-0.2, 0) is 9.59 Å². The number of thiazole rings is 1. The average Bonchev–Trinajstić information content (AvgIpc) is 3.17. The fourth-order valence-corrected chi connectivity index (χ4v) is 4.00. The first kappa shape index (κ1) is 23.0. The number of nitrogens with two attached hydrogens (primary N) is 1. The molecule has 0 aliphatic carbocycles. The molecular formula is C21H30N4O3S. The molecule has 0 bridgehead atoms. The van der Waals surface area contributed by atoms with Gasteiger partial charge in [-0.15, -0.1) is 11.3 Å². The molecule has 29 heavy (non-hydrogen) atoms. The van der Waals surface area contributed by atoms with Gasteiger partial charge in [-0.1, -0.05) is 18.6 Å². The molecule has 0 unspecified atom stereocenters. The minimum atomic E-state index is -0.0304. The summed E-state index contributed by atoms with van der Waals surface area (Å²) in [6.45, 7) is 4.35. The van der Waals surface area contributed by atoms with Crippen molar-refractivity contribution in [2.75, 3.05) is 26.2 Å². The number of amides is 2. The number of aromatic nitrogens is 1. The molecule has 1 aliphatic heterocycles. The highest BCUT2D eigenvalue weighted by Gasteiger charge is 2.26. The Balaban J connectivity index is 0.000000230. The van der Waals surface area contributed by atoms with Crippen LogP contribution < -0.4 is 11.1 Å². The van der Waals surface area contributed by atoms with Gasteiger partial charge < -0.3 is 16.0 Å². The van der Waals surface area contributed by atoms with E-state index in [0.29, 0.717) is 18.1 Å². The second-order valence-electron chi connectivity index (χ2n) is 7.08. The number of likely N-dealkylation sites (tertiary alicyclic amines) is 1. The number of fused-ring (bicyclic) bond motifs is 1. The molecule has 8 heteroatoms. The van der Waals surface area contributed by atoms with Crippen molar-refractivity contribution in [3.05, 3.63) is 29.3 Å². The van der Waals surface area contributed by atoms with Crippen molar-refractivity contribution < 1.29 is 14.4 Å². The van der Waals surface area contributed by atoms with Crippen molar-refractivity contribution in [1.82, 2.24) is 15.2 Å². The Kier molecular flexibility index (Phi) is 9.73. The SMILES string of the molecule is CC(=O)N1CCC[C@H](C(=O)NCCCCCN)C1.O=Cc1nc2ccccc2s1. The summed E-state index contributed by atoms with van der Waals surface area (Å²) in [4.78, 5) is 39.4. The zero-order chi connectivity index (χ0) is 21.1. The lowest BCUT2D eigenvalue weighted by molar-refractivity contribution is -0.133. The van der Waals surface area contributed by atoms with Gasteiger partial charge in [0.2, 0.25) is 11.8 Å². The molecule has 2 aromatic rings. The number of carbonyl (C=O) groups is 3. The van der Waals surface area contributed by atoms with Gasteiger partial charge in [0, 0.05) is 26.6 Å². The van der Waals surface area contributed by atoms with E-state index >= 15 is 0 Å². The maximum Gasteiger partial charge on any atom is 0.224 e. The van der Waals surface area contributed by atoms with E-state index in [1.807, 2.05) is 24.3 Å². The molecule has 2 heterocycles. The Morgan fingerprint density at radius 1 is 1.31 bits per heavy atom. The van der Waals surface area contributed by atoms with Crippen molar-refractivity contribution in [1.29, 1.82) is 0 Å². The van der Waals surface area contributed by atoms with Gasteiger partial charge in [-0.3, -0.25) is 14.4 Å². The van der Waals surface area contributed by atoms with E-state index in [9.17, 15) is 14.4 Å². The third kappa shape index (κ3) is 7.55. The average molecular weight is 419 g/mol. The van der Waals surface area contributed by atoms with Crippen molar-refractivity contribution in [3.8, 4) is 0 Å². The number of rotatable bonds is 7. The lowest BCUT2D eigenvalue weighted by atomic mass is 9.97. The molecule has 1 aromatic carbocycles. The maximum atomic E-state index is 11.9. The first-order valence-electron chi connectivity index (χ1n) is 10.1. The summed E-state index contributed by atoms with van der Waals surface area (Å²) in [5.41, 5.74) is 6.31. The molecule has 1 saturated heterocycles. The van der Waals surface area contributed by atoms with Gasteiger partial charge >= 0.3 is 0 Å². The highest BCUT2D eigenvalue weighted by atomic mass is 32.1. The van der Waals surface area contributed by atoms with Gasteiger partial charge in [0.05, 0.1) is 16.1 Å². The number of hydrogen-bond donors (Lipinski definition) is 2. The van der Waals surface area contributed by atoms with Crippen LogP contribution in [0.5, 0.6) is 0 Å². The van der Waals surface area contributed by atoms with Crippen molar-refractivity contribution in [2.24, 2.45) is 11.7 Å². The van der Waals surface area contributed by atoms with Crippen LogP contribution in [0.3, 0.4) is 0 Å². The molecule has 3 rings (SSSR count). The number of aldehydes is 1. The summed E-state index contributed by atoms with van der Waals surface area (Å²) < 4.78 is 1.06. The van der Waals surface area contributed by atoms with E-state index in [-0.39, 0.29) is 17.7 Å². The first-order valence-corrected chi connectivity index (χ1v) is 10.9. The number of nitrogens with zero attached hydrogens (tertiary/aromatic N) is 2. The Morgan fingerprint density at radius 2 is 2.10 bits per heavy atom. The van der Waals surface area contributed by atoms with Crippen LogP contribution in [0.1, 0.15) is 48.8 Å². The monoisotopic (exact) mass is 418 g/mol. The summed E-state index contributed by atoms with van der Waals surface area (Å²) >= 11 is 1.42. The van der Waals surface area contributed by atoms with E-state index in [1.165, 1.54) is 11.3 Å². The van der Waals surface area contributed by atoms with Gasteiger partial charge in [0.1, 0.15) is 0 Å². The second kappa shape index (κ2) is 12.3. The summed E-state index contributed by atoms with van der Waals surface area (Å²) in [6.07, 6.45) is 5.64. The summed E-state index contributed by atoms with van der Waals surface area (Å²) in [5, 5.41) is 3.50. The fraction of sp³-hybridized carbons (Fsp3) is 0.524. The molecule has 7 nitrogen and oxygen atoms in total. The third-order valence-electron chi connectivity index (χ3n) is 4.83. The molecule has 158 valence electrons. The molecule has 0 saturated carbocycles. The number of carbonyl (C=O) groups excluding carboxylic acids is 3. The molecule has 3 N–H and O–H groups in total. The van der Waals surface area contributed by atoms with E-state index < -0.39 is 0 Å². The zero-order valence-corrected chi connectivity index (χ0v) is 17.7. The van der Waals surface area contributed by atoms with Gasteiger partial charge in [0.25, 0.3) is 0 Å². The second-order valence-corrected chi connectivity index (χ2v) is 8.14. The molecular weight excluding hydrogens is 388 g/mol. The van der Waals surface area contributed by atoms with Crippen LogP contribution in [-0.4, -0.2) is 54.2 Å². The van der Waals surface area contributed by atoms with E-state index in [2.05, 4.69) is 10.3 Å². The number of piperidine rings is 1. The lowest BCUT2D eigenvalue weighted by Crippen LogP contribution is -2.44. The Bertz CT molecular complexity index is 775. The summed E-state index contributed by atoms with van der Waals surface area (Å²) in [6, 6.07) is 7.71. The number of nitrogens with one attached hydrogen (secondary N) is 1. The number of para-hydroxylation sites is 1.